The van der Waals surface area contributed by atoms with Gasteiger partial charge in [-0.3, -0.25) is 0 Å². The zero-order chi connectivity index (χ0) is 17.2. The van der Waals surface area contributed by atoms with Crippen molar-refractivity contribution in [1.29, 1.82) is 0 Å². The lowest BCUT2D eigenvalue weighted by Gasteiger charge is -2.15. The van der Waals surface area contributed by atoms with Crippen LogP contribution in [0.25, 0.3) is 33.0 Å². The first-order chi connectivity index (χ1) is 12.2. The fourth-order valence-electron chi connectivity index (χ4n) is 3.48. The van der Waals surface area contributed by atoms with E-state index in [4.69, 9.17) is 0 Å². The molecule has 0 N–H and O–H groups in total. The third-order valence-corrected chi connectivity index (χ3v) is 4.88. The highest BCUT2D eigenvalue weighted by atomic mass is 14.2. The molecule has 0 saturated carbocycles. The Labute approximate surface area is 149 Å². The molecule has 4 aromatic rings. The summed E-state index contributed by atoms with van der Waals surface area (Å²) in [6, 6.07) is 32.9. The van der Waals surface area contributed by atoms with Gasteiger partial charge in [0.25, 0.3) is 0 Å². The van der Waals surface area contributed by atoms with Crippen LogP contribution in [0.4, 0.5) is 0 Å². The van der Waals surface area contributed by atoms with Gasteiger partial charge < -0.3 is 0 Å². The highest BCUT2D eigenvalue weighted by molar-refractivity contribution is 6.04. The van der Waals surface area contributed by atoms with E-state index in [2.05, 4.69) is 105 Å². The average Bonchev–Trinajstić information content (AvgIpc) is 2.68. The van der Waals surface area contributed by atoms with Gasteiger partial charge in [0.2, 0.25) is 0 Å². The third-order valence-electron chi connectivity index (χ3n) is 4.88. The molecule has 0 aliphatic heterocycles. The van der Waals surface area contributed by atoms with Gasteiger partial charge in [0.15, 0.2) is 0 Å². The Kier molecular flexibility index (Phi) is 4.11. The Morgan fingerprint density at radius 3 is 1.96 bits per heavy atom. The van der Waals surface area contributed by atoms with Crippen molar-refractivity contribution < 1.29 is 0 Å². The molecule has 4 aromatic carbocycles. The summed E-state index contributed by atoms with van der Waals surface area (Å²) in [5.41, 5.74) is 6.53. The quantitative estimate of drug-likeness (QED) is 0.371. The normalized spacial score (nSPS) is 11.2. The van der Waals surface area contributed by atoms with Crippen molar-refractivity contribution in [2.45, 2.75) is 19.8 Å². The minimum absolute atomic E-state index is 0.551. The second-order valence-corrected chi connectivity index (χ2v) is 6.85. The van der Waals surface area contributed by atoms with Gasteiger partial charge in [-0.15, -0.1) is 0 Å². The van der Waals surface area contributed by atoms with Crippen molar-refractivity contribution in [2.24, 2.45) is 0 Å². The number of benzene rings is 4. The van der Waals surface area contributed by atoms with Crippen LogP contribution in [0.5, 0.6) is 0 Å². The van der Waals surface area contributed by atoms with E-state index in [9.17, 15) is 0 Å². The van der Waals surface area contributed by atoms with E-state index in [1.807, 2.05) is 0 Å². The number of hydrogen-bond acceptors (Lipinski definition) is 0. The van der Waals surface area contributed by atoms with Gasteiger partial charge in [-0.2, -0.15) is 0 Å². The molecule has 0 heteroatoms. The van der Waals surface area contributed by atoms with Crippen LogP contribution in [0.15, 0.2) is 91.0 Å². The van der Waals surface area contributed by atoms with Crippen LogP contribution in [-0.4, -0.2) is 0 Å². The summed E-state index contributed by atoms with van der Waals surface area (Å²) in [5.74, 6) is 0.551. The van der Waals surface area contributed by atoms with Crippen LogP contribution >= 0.6 is 0 Å². The van der Waals surface area contributed by atoms with Gasteiger partial charge >= 0.3 is 0 Å². The van der Waals surface area contributed by atoms with Crippen molar-refractivity contribution in [1.82, 2.24) is 0 Å². The van der Waals surface area contributed by atoms with E-state index in [1.165, 1.54) is 38.6 Å². The van der Waals surface area contributed by atoms with Gasteiger partial charge in [-0.1, -0.05) is 105 Å². The summed E-state index contributed by atoms with van der Waals surface area (Å²) >= 11 is 0. The molecule has 0 unspecified atom stereocenters. The monoisotopic (exact) mass is 322 g/mol. The Balaban J connectivity index is 1.99. The zero-order valence-electron chi connectivity index (χ0n) is 14.7. The molecule has 0 saturated heterocycles. The summed E-state index contributed by atoms with van der Waals surface area (Å²) in [7, 11) is 0. The molecule has 0 amide bonds. The first kappa shape index (κ1) is 15.7. The molecule has 4 rings (SSSR count). The Hall–Kier alpha value is -2.86. The average molecular weight is 322 g/mol. The third kappa shape index (κ3) is 2.96. The van der Waals surface area contributed by atoms with E-state index < -0.39 is 0 Å². The molecule has 0 spiro atoms. The topological polar surface area (TPSA) is 0 Å². The summed E-state index contributed by atoms with van der Waals surface area (Å²) in [6.45, 7) is 4.48. The van der Waals surface area contributed by atoms with E-state index >= 15 is 0 Å². The minimum Gasteiger partial charge on any atom is -0.0622 e. The molecule has 0 nitrogen and oxygen atoms in total. The molecule has 0 radical (unpaired) electrons. The van der Waals surface area contributed by atoms with Crippen LogP contribution in [0, 0.1) is 0 Å². The van der Waals surface area contributed by atoms with Crippen molar-refractivity contribution in [3.8, 4) is 22.3 Å². The van der Waals surface area contributed by atoms with E-state index in [-0.39, 0.29) is 0 Å². The second-order valence-electron chi connectivity index (χ2n) is 6.85. The molecule has 0 atom stereocenters. The summed E-state index contributed by atoms with van der Waals surface area (Å²) in [5, 5.41) is 2.59. The smallest absolute Gasteiger partial charge is 0.00268 e. The molecule has 0 aliphatic rings. The molecule has 0 bridgehead atoms. The van der Waals surface area contributed by atoms with Gasteiger partial charge in [0.1, 0.15) is 0 Å². The fourth-order valence-corrected chi connectivity index (χ4v) is 3.48. The lowest BCUT2D eigenvalue weighted by atomic mass is 9.89. The van der Waals surface area contributed by atoms with Crippen LogP contribution in [0.1, 0.15) is 25.3 Å². The van der Waals surface area contributed by atoms with E-state index in [0.717, 1.165) is 0 Å². The predicted octanol–water partition coefficient (Wildman–Crippen LogP) is 7.30. The maximum atomic E-state index is 2.27. The van der Waals surface area contributed by atoms with Crippen LogP contribution in [0.3, 0.4) is 0 Å². The highest BCUT2D eigenvalue weighted by Crippen LogP contribution is 2.38. The highest BCUT2D eigenvalue weighted by Gasteiger charge is 2.12. The maximum Gasteiger partial charge on any atom is -0.00268 e. The second kappa shape index (κ2) is 6.57. The van der Waals surface area contributed by atoms with Crippen molar-refractivity contribution in [2.75, 3.05) is 0 Å². The summed E-state index contributed by atoms with van der Waals surface area (Å²) < 4.78 is 0. The van der Waals surface area contributed by atoms with Gasteiger partial charge in [-0.05, 0) is 44.5 Å². The Morgan fingerprint density at radius 1 is 0.560 bits per heavy atom. The fraction of sp³-hybridized carbons (Fsp3) is 0.120. The van der Waals surface area contributed by atoms with Crippen molar-refractivity contribution >= 4 is 10.8 Å². The van der Waals surface area contributed by atoms with Gasteiger partial charge in [0.05, 0.1) is 0 Å². The maximum absolute atomic E-state index is 2.27. The van der Waals surface area contributed by atoms with Crippen molar-refractivity contribution in [3.05, 3.63) is 96.6 Å². The Morgan fingerprint density at radius 2 is 1.24 bits per heavy atom. The van der Waals surface area contributed by atoms with Crippen molar-refractivity contribution in [3.63, 3.8) is 0 Å². The van der Waals surface area contributed by atoms with E-state index in [0.29, 0.717) is 5.92 Å². The van der Waals surface area contributed by atoms with Gasteiger partial charge in [0, 0.05) is 0 Å². The molecular formula is C25H22. The predicted molar refractivity (Wildman–Crippen MR) is 109 cm³/mol. The largest absolute Gasteiger partial charge is 0.0622 e. The standard InChI is InChI=1S/C25H22/c1-18(2)19-12-14-22(15-13-19)25-23-11-7-6-10-21(23)16-17-24(25)20-8-4-3-5-9-20/h3-18H,1-2H3. The molecule has 0 heterocycles. The molecule has 0 aliphatic carbocycles. The number of rotatable bonds is 3. The lowest BCUT2D eigenvalue weighted by Crippen LogP contribution is -1.90. The number of hydrogen-bond donors (Lipinski definition) is 0. The molecule has 122 valence electrons. The summed E-state index contributed by atoms with van der Waals surface area (Å²) in [4.78, 5) is 0. The first-order valence-electron chi connectivity index (χ1n) is 8.91. The molecular weight excluding hydrogens is 300 g/mol. The molecule has 0 aromatic heterocycles. The van der Waals surface area contributed by atoms with Gasteiger partial charge in [-0.25, -0.2) is 0 Å². The Bertz CT molecular complexity index is 993. The minimum atomic E-state index is 0.551. The van der Waals surface area contributed by atoms with Crippen LogP contribution in [-0.2, 0) is 0 Å². The molecule has 0 fully saturated rings. The lowest BCUT2D eigenvalue weighted by molar-refractivity contribution is 0.867. The van der Waals surface area contributed by atoms with Crippen LogP contribution < -0.4 is 0 Å². The zero-order valence-corrected chi connectivity index (χ0v) is 14.7. The van der Waals surface area contributed by atoms with Crippen LogP contribution in [0.2, 0.25) is 0 Å². The number of fused-ring (bicyclic) bond motifs is 1. The summed E-state index contributed by atoms with van der Waals surface area (Å²) in [6.07, 6.45) is 0. The first-order valence-corrected chi connectivity index (χ1v) is 8.91. The van der Waals surface area contributed by atoms with E-state index in [1.54, 1.807) is 0 Å². The molecule has 25 heavy (non-hydrogen) atoms. The SMILES string of the molecule is CC(C)c1ccc(-c2c(-c3ccccc3)ccc3ccccc23)cc1.